The van der Waals surface area contributed by atoms with Gasteiger partial charge in [-0.3, -0.25) is 9.89 Å². The fourth-order valence-electron chi connectivity index (χ4n) is 5.32. The number of carbonyl (C=O) groups is 1. The highest BCUT2D eigenvalue weighted by atomic mass is 16.4. The number of aryl methyl sites for hydroxylation is 1. The lowest BCUT2D eigenvalue weighted by atomic mass is 9.74. The minimum atomic E-state index is -0.708. The first kappa shape index (κ1) is 20.3. The first-order valence-corrected chi connectivity index (χ1v) is 11.7. The van der Waals surface area contributed by atoms with Crippen LogP contribution >= 0.6 is 0 Å². The van der Waals surface area contributed by atoms with E-state index < -0.39 is 5.97 Å². The van der Waals surface area contributed by atoms with Gasteiger partial charge in [-0.25, -0.2) is 4.98 Å². The lowest BCUT2D eigenvalue weighted by Crippen LogP contribution is -2.46. The number of nitrogens with zero attached hydrogens (tertiary/aromatic N) is 4. The molecule has 0 unspecified atom stereocenters. The fourth-order valence-corrected chi connectivity index (χ4v) is 5.32. The number of H-pyrrole nitrogens is 1. The largest absolute Gasteiger partial charge is 0.481 e. The minimum Gasteiger partial charge on any atom is -0.481 e. The number of rotatable bonds is 6. The molecule has 0 radical (unpaired) electrons. The Morgan fingerprint density at radius 2 is 1.87 bits per heavy atom. The number of aliphatic carboxylic acids is 1. The van der Waals surface area contributed by atoms with Crippen LogP contribution in [0.5, 0.6) is 0 Å². The summed E-state index contributed by atoms with van der Waals surface area (Å²) in [4.78, 5) is 23.4. The van der Waals surface area contributed by atoms with Crippen molar-refractivity contribution in [2.45, 2.75) is 64.2 Å². The molecule has 31 heavy (non-hydrogen) atoms. The fraction of sp³-hybridized carbons (Fsp3) is 0.652. The Morgan fingerprint density at radius 3 is 2.61 bits per heavy atom. The third-order valence-electron chi connectivity index (χ3n) is 7.14. The van der Waals surface area contributed by atoms with Gasteiger partial charge in [-0.15, -0.1) is 0 Å². The molecular weight excluding hydrogens is 392 g/mol. The SMILES string of the molecule is Cc1cc(Nc2cc(C3CC3)[nH]n2)nc(N2C[C@@H](C(=O)O)C[C@H](C3CCCCC3)C2)n1. The quantitative estimate of drug-likeness (QED) is 0.637. The zero-order valence-electron chi connectivity index (χ0n) is 18.2. The van der Waals surface area contributed by atoms with Gasteiger partial charge in [-0.05, 0) is 38.0 Å². The van der Waals surface area contributed by atoms with Crippen LogP contribution in [-0.2, 0) is 4.79 Å². The van der Waals surface area contributed by atoms with Crippen LogP contribution in [0.1, 0.15) is 68.7 Å². The molecule has 0 bridgehead atoms. The van der Waals surface area contributed by atoms with Crippen LogP contribution in [0.15, 0.2) is 12.1 Å². The molecule has 0 aromatic carbocycles. The number of piperidine rings is 1. The molecular formula is C23H32N6O2. The van der Waals surface area contributed by atoms with E-state index in [1.807, 2.05) is 13.0 Å². The summed E-state index contributed by atoms with van der Waals surface area (Å²) in [6.07, 6.45) is 9.48. The van der Waals surface area contributed by atoms with Crippen molar-refractivity contribution >= 4 is 23.6 Å². The molecule has 5 rings (SSSR count). The van der Waals surface area contributed by atoms with Crippen molar-refractivity contribution in [2.75, 3.05) is 23.3 Å². The predicted octanol–water partition coefficient (Wildman–Crippen LogP) is 4.24. The lowest BCUT2D eigenvalue weighted by molar-refractivity contribution is -0.142. The second-order valence-electron chi connectivity index (χ2n) is 9.64. The summed E-state index contributed by atoms with van der Waals surface area (Å²) in [6.45, 7) is 3.26. The molecule has 3 heterocycles. The molecule has 3 N–H and O–H groups in total. The van der Waals surface area contributed by atoms with E-state index in [1.165, 1.54) is 50.6 Å². The van der Waals surface area contributed by atoms with E-state index in [9.17, 15) is 9.90 Å². The Bertz CT molecular complexity index is 934. The molecule has 8 nitrogen and oxygen atoms in total. The van der Waals surface area contributed by atoms with Crippen LogP contribution in [0.2, 0.25) is 0 Å². The molecule has 1 aliphatic heterocycles. The summed E-state index contributed by atoms with van der Waals surface area (Å²) in [7, 11) is 0. The van der Waals surface area contributed by atoms with Crippen LogP contribution < -0.4 is 10.2 Å². The number of hydrogen-bond donors (Lipinski definition) is 3. The zero-order chi connectivity index (χ0) is 21.4. The maximum atomic E-state index is 11.9. The predicted molar refractivity (Wildman–Crippen MR) is 119 cm³/mol. The molecule has 2 atom stereocenters. The average Bonchev–Trinajstić information content (AvgIpc) is 3.53. The lowest BCUT2D eigenvalue weighted by Gasteiger charge is -2.41. The average molecular weight is 425 g/mol. The molecule has 0 spiro atoms. The second kappa shape index (κ2) is 8.48. The van der Waals surface area contributed by atoms with E-state index in [0.29, 0.717) is 36.1 Å². The number of nitrogens with one attached hydrogen (secondary N) is 2. The van der Waals surface area contributed by atoms with Crippen LogP contribution in [0.3, 0.4) is 0 Å². The van der Waals surface area contributed by atoms with Crippen LogP contribution in [-0.4, -0.2) is 44.3 Å². The number of aromatic nitrogens is 4. The molecule has 3 aliphatic rings. The normalized spacial score (nSPS) is 24.9. The van der Waals surface area contributed by atoms with E-state index >= 15 is 0 Å². The van der Waals surface area contributed by atoms with Gasteiger partial charge in [-0.2, -0.15) is 10.1 Å². The Labute approximate surface area is 182 Å². The smallest absolute Gasteiger partial charge is 0.308 e. The van der Waals surface area contributed by atoms with Crippen molar-refractivity contribution in [3.63, 3.8) is 0 Å². The highest BCUT2D eigenvalue weighted by Gasteiger charge is 2.37. The molecule has 2 aromatic heterocycles. The van der Waals surface area contributed by atoms with E-state index in [4.69, 9.17) is 4.98 Å². The van der Waals surface area contributed by atoms with Gasteiger partial charge in [-0.1, -0.05) is 32.1 Å². The van der Waals surface area contributed by atoms with Crippen molar-refractivity contribution in [2.24, 2.45) is 17.8 Å². The zero-order valence-corrected chi connectivity index (χ0v) is 18.2. The van der Waals surface area contributed by atoms with E-state index in [0.717, 1.165) is 24.5 Å². The summed E-state index contributed by atoms with van der Waals surface area (Å²) in [5, 5.41) is 20.6. The summed E-state index contributed by atoms with van der Waals surface area (Å²) >= 11 is 0. The van der Waals surface area contributed by atoms with E-state index in [2.05, 4.69) is 31.5 Å². The number of anilines is 3. The molecule has 166 valence electrons. The summed E-state index contributed by atoms with van der Waals surface area (Å²) in [6, 6.07) is 3.96. The Balaban J connectivity index is 1.35. The van der Waals surface area contributed by atoms with Crippen LogP contribution in [0.25, 0.3) is 0 Å². The molecule has 2 aliphatic carbocycles. The van der Waals surface area contributed by atoms with Crippen molar-refractivity contribution in [3.05, 3.63) is 23.5 Å². The second-order valence-corrected chi connectivity index (χ2v) is 9.64. The molecule has 8 heteroatoms. The third kappa shape index (κ3) is 4.67. The number of carboxylic acid groups (broad SMARTS) is 1. The van der Waals surface area contributed by atoms with Gasteiger partial charge in [0.2, 0.25) is 5.95 Å². The minimum absolute atomic E-state index is 0.367. The molecule has 2 aromatic rings. The maximum absolute atomic E-state index is 11.9. The standard InChI is InChI=1S/C23H32N6O2/c1-14-9-20(25-21-11-19(27-28-21)16-7-8-16)26-23(24-14)29-12-17(10-18(13-29)22(30)31)15-5-3-2-4-6-15/h9,11,15-18H,2-8,10,12-13H2,1H3,(H,30,31)(H2,24,25,26,27,28)/t17-,18-/m0/s1. The highest BCUT2D eigenvalue weighted by molar-refractivity contribution is 5.71. The Hall–Kier alpha value is -2.64. The first-order valence-electron chi connectivity index (χ1n) is 11.7. The van der Waals surface area contributed by atoms with Gasteiger partial charge in [0, 0.05) is 42.5 Å². The van der Waals surface area contributed by atoms with Crippen molar-refractivity contribution in [3.8, 4) is 0 Å². The van der Waals surface area contributed by atoms with Gasteiger partial charge >= 0.3 is 5.97 Å². The Kier molecular flexibility index (Phi) is 5.54. The number of hydrogen-bond acceptors (Lipinski definition) is 6. The molecule has 0 amide bonds. The van der Waals surface area contributed by atoms with Gasteiger partial charge < -0.3 is 15.3 Å². The molecule has 2 saturated carbocycles. The summed E-state index contributed by atoms with van der Waals surface area (Å²) in [5.41, 5.74) is 2.03. The summed E-state index contributed by atoms with van der Waals surface area (Å²) < 4.78 is 0. The topological polar surface area (TPSA) is 107 Å². The van der Waals surface area contributed by atoms with E-state index in [-0.39, 0.29) is 5.92 Å². The first-order chi connectivity index (χ1) is 15.0. The van der Waals surface area contributed by atoms with Gasteiger partial charge in [0.25, 0.3) is 0 Å². The number of carboxylic acids is 1. The van der Waals surface area contributed by atoms with Crippen molar-refractivity contribution in [1.82, 2.24) is 20.2 Å². The molecule has 3 fully saturated rings. The van der Waals surface area contributed by atoms with Gasteiger partial charge in [0.05, 0.1) is 5.92 Å². The van der Waals surface area contributed by atoms with Crippen molar-refractivity contribution in [1.29, 1.82) is 0 Å². The van der Waals surface area contributed by atoms with Gasteiger partial charge in [0.1, 0.15) is 5.82 Å². The van der Waals surface area contributed by atoms with Crippen LogP contribution in [0, 0.1) is 24.7 Å². The summed E-state index contributed by atoms with van der Waals surface area (Å²) in [5.74, 6) is 2.62. The third-order valence-corrected chi connectivity index (χ3v) is 7.14. The molecule has 1 saturated heterocycles. The Morgan fingerprint density at radius 1 is 1.06 bits per heavy atom. The van der Waals surface area contributed by atoms with Gasteiger partial charge in [0.15, 0.2) is 5.82 Å². The highest BCUT2D eigenvalue weighted by Crippen LogP contribution is 2.40. The van der Waals surface area contributed by atoms with Crippen LogP contribution in [0.4, 0.5) is 17.6 Å². The number of aromatic amines is 1. The monoisotopic (exact) mass is 424 g/mol. The van der Waals surface area contributed by atoms with E-state index in [1.54, 1.807) is 0 Å². The maximum Gasteiger partial charge on any atom is 0.308 e. The van der Waals surface area contributed by atoms with Crippen molar-refractivity contribution < 1.29 is 9.90 Å².